The van der Waals surface area contributed by atoms with Crippen LogP contribution in [0.25, 0.3) is 11.4 Å². The summed E-state index contributed by atoms with van der Waals surface area (Å²) >= 11 is 0. The Morgan fingerprint density at radius 2 is 1.90 bits per heavy atom. The number of carbonyl (C=O) groups excluding carboxylic acids is 1. The van der Waals surface area contributed by atoms with Gasteiger partial charge in [0, 0.05) is 12.1 Å². The Balaban J connectivity index is 1.31. The van der Waals surface area contributed by atoms with Crippen molar-refractivity contribution in [1.29, 1.82) is 0 Å². The summed E-state index contributed by atoms with van der Waals surface area (Å²) in [6.45, 7) is 1.90. The van der Waals surface area contributed by atoms with Crippen LogP contribution in [0.4, 0.5) is 0 Å². The Bertz CT molecular complexity index is 1020. The highest BCUT2D eigenvalue weighted by molar-refractivity contribution is 5.76. The molecule has 1 atom stereocenters. The predicted molar refractivity (Wildman–Crippen MR) is 104 cm³/mol. The summed E-state index contributed by atoms with van der Waals surface area (Å²) in [5.41, 5.74) is 1.94. The van der Waals surface area contributed by atoms with E-state index in [1.165, 1.54) is 4.80 Å². The smallest absolute Gasteiger partial charge is 0.246 e. The molecule has 29 heavy (non-hydrogen) atoms. The van der Waals surface area contributed by atoms with Gasteiger partial charge in [0.25, 0.3) is 0 Å². The van der Waals surface area contributed by atoms with E-state index < -0.39 is 0 Å². The number of hydrogen-bond acceptors (Lipinski definition) is 6. The minimum absolute atomic E-state index is 0.0144. The Hall–Kier alpha value is -3.42. The van der Waals surface area contributed by atoms with Gasteiger partial charge in [-0.2, -0.15) is 4.80 Å². The SMILES string of the molecule is O=C(Cn1nnc(-c2ccccc2)n1)N1CCC[C@H]1c1ccc2c(c1)OCCO2. The van der Waals surface area contributed by atoms with Crippen LogP contribution in [0.3, 0.4) is 0 Å². The van der Waals surface area contributed by atoms with E-state index in [4.69, 9.17) is 9.47 Å². The van der Waals surface area contributed by atoms with Crippen LogP contribution in [0.2, 0.25) is 0 Å². The maximum atomic E-state index is 13.0. The molecule has 1 aromatic heterocycles. The second kappa shape index (κ2) is 7.54. The topological polar surface area (TPSA) is 82.4 Å². The molecule has 0 aliphatic carbocycles. The number of nitrogens with zero attached hydrogens (tertiary/aromatic N) is 5. The van der Waals surface area contributed by atoms with Crippen LogP contribution in [0.5, 0.6) is 11.5 Å². The Morgan fingerprint density at radius 3 is 2.76 bits per heavy atom. The van der Waals surface area contributed by atoms with E-state index >= 15 is 0 Å². The van der Waals surface area contributed by atoms with Gasteiger partial charge in [-0.1, -0.05) is 36.4 Å². The van der Waals surface area contributed by atoms with E-state index in [0.717, 1.165) is 42.0 Å². The fourth-order valence-corrected chi connectivity index (χ4v) is 3.90. The van der Waals surface area contributed by atoms with Gasteiger partial charge >= 0.3 is 0 Å². The third-order valence-electron chi connectivity index (χ3n) is 5.29. The molecule has 0 unspecified atom stereocenters. The summed E-state index contributed by atoms with van der Waals surface area (Å²) in [7, 11) is 0. The fraction of sp³-hybridized carbons (Fsp3) is 0.333. The molecule has 0 N–H and O–H groups in total. The number of benzene rings is 2. The van der Waals surface area contributed by atoms with Crippen LogP contribution in [0, 0.1) is 0 Å². The lowest BCUT2D eigenvalue weighted by atomic mass is 10.0. The number of carbonyl (C=O) groups is 1. The summed E-state index contributed by atoms with van der Waals surface area (Å²) in [6.07, 6.45) is 1.89. The summed E-state index contributed by atoms with van der Waals surface area (Å²) < 4.78 is 11.3. The van der Waals surface area contributed by atoms with Gasteiger partial charge in [0.05, 0.1) is 6.04 Å². The van der Waals surface area contributed by atoms with E-state index in [2.05, 4.69) is 15.4 Å². The van der Waals surface area contributed by atoms with Gasteiger partial charge < -0.3 is 14.4 Å². The van der Waals surface area contributed by atoms with Gasteiger partial charge in [-0.05, 0) is 35.8 Å². The summed E-state index contributed by atoms with van der Waals surface area (Å²) in [6, 6.07) is 15.6. The molecule has 2 aromatic carbocycles. The van der Waals surface area contributed by atoms with Crippen molar-refractivity contribution in [3.8, 4) is 22.9 Å². The first kappa shape index (κ1) is 17.7. The lowest BCUT2D eigenvalue weighted by molar-refractivity contribution is -0.133. The van der Waals surface area contributed by atoms with Gasteiger partial charge in [-0.3, -0.25) is 4.79 Å². The minimum Gasteiger partial charge on any atom is -0.486 e. The number of rotatable bonds is 4. The monoisotopic (exact) mass is 391 g/mol. The van der Waals surface area contributed by atoms with Crippen LogP contribution in [-0.4, -0.2) is 50.8 Å². The number of likely N-dealkylation sites (tertiary alicyclic amines) is 1. The molecular formula is C21H21N5O3. The molecule has 3 heterocycles. The standard InChI is InChI=1S/C21H21N5O3/c27-20(14-26-23-21(22-24-26)15-5-2-1-3-6-15)25-10-4-7-17(25)16-8-9-18-19(13-16)29-12-11-28-18/h1-3,5-6,8-9,13,17H,4,7,10-12,14H2/t17-/m0/s1. The normalized spacial score (nSPS) is 18.1. The number of fused-ring (bicyclic) bond motifs is 1. The first-order chi connectivity index (χ1) is 14.3. The first-order valence-corrected chi connectivity index (χ1v) is 9.80. The minimum atomic E-state index is -0.0144. The molecule has 5 rings (SSSR count). The second-order valence-electron chi connectivity index (χ2n) is 7.16. The lowest BCUT2D eigenvalue weighted by Gasteiger charge is -2.26. The van der Waals surface area contributed by atoms with Crippen LogP contribution < -0.4 is 9.47 Å². The number of hydrogen-bond donors (Lipinski definition) is 0. The van der Waals surface area contributed by atoms with Crippen LogP contribution >= 0.6 is 0 Å². The lowest BCUT2D eigenvalue weighted by Crippen LogP contribution is -2.34. The van der Waals surface area contributed by atoms with Crippen molar-refractivity contribution in [1.82, 2.24) is 25.1 Å². The van der Waals surface area contributed by atoms with E-state index in [1.54, 1.807) is 0 Å². The zero-order chi connectivity index (χ0) is 19.6. The summed E-state index contributed by atoms with van der Waals surface area (Å²) in [4.78, 5) is 16.2. The number of aromatic nitrogens is 4. The molecule has 1 saturated heterocycles. The summed E-state index contributed by atoms with van der Waals surface area (Å²) in [5.74, 6) is 2.01. The van der Waals surface area contributed by atoms with Crippen molar-refractivity contribution in [3.05, 3.63) is 54.1 Å². The van der Waals surface area contributed by atoms with Crippen molar-refractivity contribution < 1.29 is 14.3 Å². The molecule has 2 aliphatic rings. The molecule has 2 aliphatic heterocycles. The molecule has 8 nitrogen and oxygen atoms in total. The molecule has 148 valence electrons. The number of amides is 1. The van der Waals surface area contributed by atoms with Crippen molar-refractivity contribution in [2.24, 2.45) is 0 Å². The van der Waals surface area contributed by atoms with E-state index in [1.807, 2.05) is 53.4 Å². The van der Waals surface area contributed by atoms with Crippen LogP contribution in [0.1, 0.15) is 24.4 Å². The van der Waals surface area contributed by atoms with E-state index in [9.17, 15) is 4.79 Å². The number of ether oxygens (including phenoxy) is 2. The molecule has 3 aromatic rings. The van der Waals surface area contributed by atoms with Crippen LogP contribution in [0.15, 0.2) is 48.5 Å². The van der Waals surface area contributed by atoms with Crippen molar-refractivity contribution in [3.63, 3.8) is 0 Å². The van der Waals surface area contributed by atoms with E-state index in [0.29, 0.717) is 19.0 Å². The van der Waals surface area contributed by atoms with Crippen molar-refractivity contribution >= 4 is 5.91 Å². The average Bonchev–Trinajstić information content (AvgIpc) is 3.44. The molecule has 0 spiro atoms. The third kappa shape index (κ3) is 3.53. The predicted octanol–water partition coefficient (Wildman–Crippen LogP) is 2.48. The Kier molecular flexibility index (Phi) is 4.59. The molecule has 0 saturated carbocycles. The van der Waals surface area contributed by atoms with Gasteiger partial charge in [-0.15, -0.1) is 10.2 Å². The molecule has 8 heteroatoms. The van der Waals surface area contributed by atoms with Gasteiger partial charge in [0.2, 0.25) is 11.7 Å². The Morgan fingerprint density at radius 1 is 1.07 bits per heavy atom. The van der Waals surface area contributed by atoms with Crippen molar-refractivity contribution in [2.45, 2.75) is 25.4 Å². The van der Waals surface area contributed by atoms with Gasteiger partial charge in [0.1, 0.15) is 19.8 Å². The number of tetrazole rings is 1. The zero-order valence-electron chi connectivity index (χ0n) is 15.9. The summed E-state index contributed by atoms with van der Waals surface area (Å²) in [5, 5.41) is 12.5. The third-order valence-corrected chi connectivity index (χ3v) is 5.29. The molecule has 0 radical (unpaired) electrons. The zero-order valence-corrected chi connectivity index (χ0v) is 15.9. The molecule has 1 amide bonds. The largest absolute Gasteiger partial charge is 0.486 e. The average molecular weight is 391 g/mol. The highest BCUT2D eigenvalue weighted by Crippen LogP contribution is 2.38. The highest BCUT2D eigenvalue weighted by Gasteiger charge is 2.31. The van der Waals surface area contributed by atoms with Gasteiger partial charge in [0.15, 0.2) is 11.5 Å². The quantitative estimate of drug-likeness (QED) is 0.680. The fourth-order valence-electron chi connectivity index (χ4n) is 3.90. The Labute approximate surface area is 168 Å². The molecule has 0 bridgehead atoms. The first-order valence-electron chi connectivity index (χ1n) is 9.80. The maximum absolute atomic E-state index is 13.0. The van der Waals surface area contributed by atoms with Gasteiger partial charge in [-0.25, -0.2) is 0 Å². The molecule has 1 fully saturated rings. The maximum Gasteiger partial charge on any atom is 0.246 e. The van der Waals surface area contributed by atoms with Crippen molar-refractivity contribution in [2.75, 3.05) is 19.8 Å². The molecular weight excluding hydrogens is 370 g/mol. The highest BCUT2D eigenvalue weighted by atomic mass is 16.6. The second-order valence-corrected chi connectivity index (χ2v) is 7.16. The van der Waals surface area contributed by atoms with E-state index in [-0.39, 0.29) is 18.5 Å². The van der Waals surface area contributed by atoms with Crippen LogP contribution in [-0.2, 0) is 11.3 Å².